The molecular formula is C27H34FN3O3. The second kappa shape index (κ2) is 8.38. The minimum absolute atomic E-state index is 0.00615. The lowest BCUT2D eigenvalue weighted by atomic mass is 9.77. The number of allylic oxidation sites excluding steroid dienone is 2. The fourth-order valence-corrected chi connectivity index (χ4v) is 6.21. The zero-order chi connectivity index (χ0) is 23.4. The average Bonchev–Trinajstić information content (AvgIpc) is 3.41. The van der Waals surface area contributed by atoms with E-state index in [9.17, 15) is 5.11 Å². The summed E-state index contributed by atoms with van der Waals surface area (Å²) in [5, 5.41) is 16.0. The van der Waals surface area contributed by atoms with Crippen LogP contribution >= 0.6 is 0 Å². The van der Waals surface area contributed by atoms with Gasteiger partial charge in [0.15, 0.2) is 6.23 Å². The van der Waals surface area contributed by atoms with Crippen molar-refractivity contribution >= 4 is 10.9 Å². The van der Waals surface area contributed by atoms with Crippen LogP contribution < -0.4 is 0 Å². The van der Waals surface area contributed by atoms with Crippen molar-refractivity contribution in [2.45, 2.75) is 75.8 Å². The Morgan fingerprint density at radius 2 is 2.15 bits per heavy atom. The van der Waals surface area contributed by atoms with Crippen molar-refractivity contribution in [3.05, 3.63) is 53.1 Å². The highest BCUT2D eigenvalue weighted by Crippen LogP contribution is 2.49. The summed E-state index contributed by atoms with van der Waals surface area (Å²) < 4.78 is 28.9. The summed E-state index contributed by atoms with van der Waals surface area (Å²) >= 11 is 0. The molecule has 1 saturated heterocycles. The van der Waals surface area contributed by atoms with Gasteiger partial charge in [-0.3, -0.25) is 4.90 Å². The van der Waals surface area contributed by atoms with Crippen LogP contribution in [-0.4, -0.2) is 51.8 Å². The van der Waals surface area contributed by atoms with Gasteiger partial charge in [0.05, 0.1) is 18.8 Å². The maximum absolute atomic E-state index is 15.1. The van der Waals surface area contributed by atoms with Gasteiger partial charge >= 0.3 is 0 Å². The topological polar surface area (TPSA) is 59.8 Å². The Labute approximate surface area is 200 Å². The number of methoxy groups -OCH3 is 1. The van der Waals surface area contributed by atoms with Crippen LogP contribution in [0.4, 0.5) is 4.39 Å². The summed E-state index contributed by atoms with van der Waals surface area (Å²) in [5.74, 6) is 1.00. The van der Waals surface area contributed by atoms with E-state index in [2.05, 4.69) is 24.0 Å². The lowest BCUT2D eigenvalue weighted by molar-refractivity contribution is -0.0366. The number of ether oxygens (including phenoxy) is 2. The predicted molar refractivity (Wildman–Crippen MR) is 128 cm³/mol. The highest BCUT2D eigenvalue weighted by molar-refractivity contribution is 5.84. The van der Waals surface area contributed by atoms with Crippen LogP contribution in [0.25, 0.3) is 10.9 Å². The lowest BCUT2D eigenvalue weighted by Gasteiger charge is -2.46. The first-order chi connectivity index (χ1) is 16.5. The van der Waals surface area contributed by atoms with Gasteiger partial charge in [0.2, 0.25) is 0 Å². The molecule has 2 fully saturated rings. The molecule has 7 heteroatoms. The standard InChI is InChI=1S/C27H34FN3O3/c1-17-13-21-19(8-9-23-22(21)15-29-31(23)25-5-3-4-12-34-25)26(30(17)16-27(28)10-11-27)20-7-6-18(32)14-24(20)33-2/h6,8-9,14-15,17,20,25-26,32H,3-5,7,10-13,16H2,1-2H3/t17-,20?,25?,26+/m1/s1. The van der Waals surface area contributed by atoms with Crippen LogP contribution in [-0.2, 0) is 15.9 Å². The van der Waals surface area contributed by atoms with Gasteiger partial charge in [-0.1, -0.05) is 6.07 Å². The molecule has 2 unspecified atom stereocenters. The van der Waals surface area contributed by atoms with Crippen molar-refractivity contribution in [3.8, 4) is 0 Å². The Kier molecular flexibility index (Phi) is 5.45. The number of halogens is 1. The van der Waals surface area contributed by atoms with Crippen molar-refractivity contribution in [3.63, 3.8) is 0 Å². The van der Waals surface area contributed by atoms with Crippen molar-refractivity contribution in [1.82, 2.24) is 14.7 Å². The zero-order valence-corrected chi connectivity index (χ0v) is 20.0. The predicted octanol–water partition coefficient (Wildman–Crippen LogP) is 5.52. The Bertz CT molecular complexity index is 1150. The van der Waals surface area contributed by atoms with Crippen LogP contribution in [0.2, 0.25) is 0 Å². The molecule has 2 aliphatic carbocycles. The van der Waals surface area contributed by atoms with Gasteiger partial charge in [0.1, 0.15) is 17.2 Å². The molecule has 0 bridgehead atoms. The Morgan fingerprint density at radius 1 is 1.29 bits per heavy atom. The molecule has 182 valence electrons. The lowest BCUT2D eigenvalue weighted by Crippen LogP contribution is -2.48. The smallest absolute Gasteiger partial charge is 0.150 e. The van der Waals surface area contributed by atoms with E-state index >= 15 is 4.39 Å². The number of alkyl halides is 1. The third-order valence-electron chi connectivity index (χ3n) is 8.21. The average molecular weight is 468 g/mol. The Balaban J connectivity index is 1.45. The van der Waals surface area contributed by atoms with Gasteiger partial charge in [-0.2, -0.15) is 5.10 Å². The number of hydrogen-bond acceptors (Lipinski definition) is 5. The van der Waals surface area contributed by atoms with E-state index in [1.165, 1.54) is 16.5 Å². The minimum atomic E-state index is -1.08. The van der Waals surface area contributed by atoms with Crippen molar-refractivity contribution in [2.24, 2.45) is 5.92 Å². The van der Waals surface area contributed by atoms with E-state index in [0.29, 0.717) is 25.8 Å². The van der Waals surface area contributed by atoms with E-state index in [4.69, 9.17) is 14.6 Å². The number of aliphatic hydroxyl groups excluding tert-OH is 1. The van der Waals surface area contributed by atoms with Crippen molar-refractivity contribution in [1.29, 1.82) is 0 Å². The molecule has 1 aromatic carbocycles. The second-order valence-corrected chi connectivity index (χ2v) is 10.5. The molecular weight excluding hydrogens is 433 g/mol. The van der Waals surface area contributed by atoms with Crippen LogP contribution in [0.1, 0.15) is 68.8 Å². The quantitative estimate of drug-likeness (QED) is 0.628. The summed E-state index contributed by atoms with van der Waals surface area (Å²) in [7, 11) is 1.66. The monoisotopic (exact) mass is 467 g/mol. The zero-order valence-electron chi connectivity index (χ0n) is 20.0. The van der Waals surface area contributed by atoms with E-state index < -0.39 is 5.67 Å². The number of hydrogen-bond donors (Lipinski definition) is 1. The van der Waals surface area contributed by atoms with E-state index in [1.807, 2.05) is 17.0 Å². The normalized spacial score (nSPS) is 31.0. The van der Waals surface area contributed by atoms with Crippen LogP contribution in [0, 0.1) is 5.92 Å². The molecule has 0 spiro atoms. The van der Waals surface area contributed by atoms with Crippen molar-refractivity contribution in [2.75, 3.05) is 20.3 Å². The molecule has 2 aliphatic heterocycles. The van der Waals surface area contributed by atoms with Gasteiger partial charge < -0.3 is 14.6 Å². The number of rotatable bonds is 5. The third-order valence-corrected chi connectivity index (χ3v) is 8.21. The maximum Gasteiger partial charge on any atom is 0.150 e. The van der Waals surface area contributed by atoms with Crippen molar-refractivity contribution < 1.29 is 19.0 Å². The first-order valence-corrected chi connectivity index (χ1v) is 12.7. The van der Waals surface area contributed by atoms with E-state index in [0.717, 1.165) is 43.6 Å². The molecule has 1 aromatic heterocycles. The summed E-state index contributed by atoms with van der Waals surface area (Å²) in [6.45, 7) is 3.43. The van der Waals surface area contributed by atoms with E-state index in [1.54, 1.807) is 13.2 Å². The van der Waals surface area contributed by atoms with Crippen LogP contribution in [0.5, 0.6) is 0 Å². The number of aromatic nitrogens is 2. The fraction of sp³-hybridized carbons (Fsp3) is 0.593. The molecule has 6 rings (SSSR count). The Morgan fingerprint density at radius 3 is 2.88 bits per heavy atom. The summed E-state index contributed by atoms with van der Waals surface area (Å²) in [4.78, 5) is 2.35. The molecule has 0 radical (unpaired) electrons. The molecule has 2 aromatic rings. The molecule has 1 N–H and O–H groups in total. The summed E-state index contributed by atoms with van der Waals surface area (Å²) in [6.07, 6.45) is 11.6. The third kappa shape index (κ3) is 3.73. The first kappa shape index (κ1) is 22.1. The largest absolute Gasteiger partial charge is 0.508 e. The van der Waals surface area contributed by atoms with Gasteiger partial charge in [0, 0.05) is 42.6 Å². The van der Waals surface area contributed by atoms with E-state index in [-0.39, 0.29) is 30.0 Å². The van der Waals surface area contributed by atoms with Gasteiger partial charge in [-0.05, 0) is 75.1 Å². The molecule has 1 saturated carbocycles. The minimum Gasteiger partial charge on any atom is -0.508 e. The van der Waals surface area contributed by atoms with Crippen LogP contribution in [0.3, 0.4) is 0 Å². The SMILES string of the molecule is COC1=CC(O)=CCC1[C@@H]1c2ccc3c(cnn3C3CCCCO3)c2C[C@@H](C)N1CC1(F)CC1. The fourth-order valence-electron chi connectivity index (χ4n) is 6.21. The molecule has 3 heterocycles. The first-order valence-electron chi connectivity index (χ1n) is 12.7. The van der Waals surface area contributed by atoms with Gasteiger partial charge in [0.25, 0.3) is 0 Å². The number of benzene rings is 1. The highest BCUT2D eigenvalue weighted by Gasteiger charge is 2.49. The summed E-state index contributed by atoms with van der Waals surface area (Å²) in [5.41, 5.74) is 2.55. The molecule has 6 nitrogen and oxygen atoms in total. The number of nitrogens with zero attached hydrogens (tertiary/aromatic N) is 3. The molecule has 34 heavy (non-hydrogen) atoms. The molecule has 0 amide bonds. The second-order valence-electron chi connectivity index (χ2n) is 10.5. The van der Waals surface area contributed by atoms with Crippen LogP contribution in [0.15, 0.2) is 42.0 Å². The molecule has 4 aliphatic rings. The van der Waals surface area contributed by atoms with Gasteiger partial charge in [-0.25, -0.2) is 9.07 Å². The molecule has 4 atom stereocenters. The number of aliphatic hydroxyl groups is 1. The Hall–Kier alpha value is -2.38. The summed E-state index contributed by atoms with van der Waals surface area (Å²) in [6, 6.07) is 4.53. The number of fused-ring (bicyclic) bond motifs is 3. The highest BCUT2D eigenvalue weighted by atomic mass is 19.1. The van der Waals surface area contributed by atoms with Gasteiger partial charge in [-0.15, -0.1) is 0 Å². The maximum atomic E-state index is 15.1.